The Morgan fingerprint density at radius 2 is 1.88 bits per heavy atom. The maximum Gasteiger partial charge on any atom is 0.244 e. The first-order valence-corrected chi connectivity index (χ1v) is 11.1. The Kier molecular flexibility index (Phi) is 5.70. The standard InChI is InChI=1S/C20H28N2O3S/c1-15-5-3-6-19(16(15)2)21-20(23)12-9-17-7-10-18(11-8-17)22-13-4-14-26(22,24)25/h7-12,15-16,19H,3-6,13-14H2,1-2H3,(H,21,23)/b12-9+. The number of carbonyl (C=O) groups excluding carboxylic acids is 1. The lowest BCUT2D eigenvalue weighted by Crippen LogP contribution is -2.43. The van der Waals surface area contributed by atoms with Crippen LogP contribution in [0.1, 0.15) is 45.1 Å². The molecular formula is C20H28N2O3S. The Balaban J connectivity index is 1.59. The largest absolute Gasteiger partial charge is 0.350 e. The molecule has 26 heavy (non-hydrogen) atoms. The molecule has 1 N–H and O–H groups in total. The van der Waals surface area contributed by atoms with Crippen molar-refractivity contribution in [1.29, 1.82) is 0 Å². The molecule has 3 rings (SSSR count). The summed E-state index contributed by atoms with van der Waals surface area (Å²) in [6.45, 7) is 5.00. The zero-order valence-electron chi connectivity index (χ0n) is 15.5. The predicted molar refractivity (Wildman–Crippen MR) is 105 cm³/mol. The van der Waals surface area contributed by atoms with Crippen molar-refractivity contribution in [3.05, 3.63) is 35.9 Å². The molecule has 1 heterocycles. The van der Waals surface area contributed by atoms with Crippen LogP contribution in [0.4, 0.5) is 5.69 Å². The number of benzene rings is 1. The van der Waals surface area contributed by atoms with Crippen molar-refractivity contribution in [1.82, 2.24) is 5.32 Å². The second-order valence-electron chi connectivity index (χ2n) is 7.55. The van der Waals surface area contributed by atoms with Gasteiger partial charge >= 0.3 is 0 Å². The van der Waals surface area contributed by atoms with E-state index in [9.17, 15) is 13.2 Å². The first-order chi connectivity index (χ1) is 12.4. The smallest absolute Gasteiger partial charge is 0.244 e. The number of rotatable bonds is 4. The maximum absolute atomic E-state index is 12.2. The van der Waals surface area contributed by atoms with Crippen molar-refractivity contribution in [2.75, 3.05) is 16.6 Å². The van der Waals surface area contributed by atoms with Crippen LogP contribution in [0.15, 0.2) is 30.3 Å². The molecule has 1 aromatic carbocycles. The van der Waals surface area contributed by atoms with E-state index in [-0.39, 0.29) is 17.7 Å². The van der Waals surface area contributed by atoms with Gasteiger partial charge in [-0.1, -0.05) is 38.8 Å². The number of carbonyl (C=O) groups is 1. The lowest BCUT2D eigenvalue weighted by molar-refractivity contribution is -0.117. The predicted octanol–water partition coefficient (Wildman–Crippen LogP) is 3.18. The third kappa shape index (κ3) is 4.29. The Morgan fingerprint density at radius 3 is 2.54 bits per heavy atom. The number of hydrogen-bond donors (Lipinski definition) is 1. The molecule has 1 aliphatic heterocycles. The summed E-state index contributed by atoms with van der Waals surface area (Å²) < 4.78 is 25.4. The van der Waals surface area contributed by atoms with Crippen LogP contribution >= 0.6 is 0 Å². The molecule has 3 unspecified atom stereocenters. The van der Waals surface area contributed by atoms with Gasteiger partial charge in [-0.25, -0.2) is 8.42 Å². The molecule has 6 heteroatoms. The van der Waals surface area contributed by atoms with E-state index in [1.807, 2.05) is 12.1 Å². The first kappa shape index (κ1) is 19.0. The van der Waals surface area contributed by atoms with E-state index in [1.165, 1.54) is 17.1 Å². The molecule has 5 nitrogen and oxygen atoms in total. The highest BCUT2D eigenvalue weighted by molar-refractivity contribution is 7.93. The molecule has 0 spiro atoms. The number of amides is 1. The van der Waals surface area contributed by atoms with Gasteiger partial charge in [0.25, 0.3) is 0 Å². The SMILES string of the molecule is CC1CCCC(NC(=O)/C=C/c2ccc(N3CCCS3(=O)=O)cc2)C1C. The molecule has 0 aromatic heterocycles. The van der Waals surface area contributed by atoms with Crippen LogP contribution in [-0.2, 0) is 14.8 Å². The number of anilines is 1. The topological polar surface area (TPSA) is 66.5 Å². The summed E-state index contributed by atoms with van der Waals surface area (Å²) in [5, 5.41) is 3.12. The Labute approximate surface area is 156 Å². The van der Waals surface area contributed by atoms with Gasteiger partial charge in [0.1, 0.15) is 0 Å². The molecule has 1 amide bonds. The van der Waals surface area contributed by atoms with Crippen molar-refractivity contribution < 1.29 is 13.2 Å². The number of hydrogen-bond acceptors (Lipinski definition) is 3. The van der Waals surface area contributed by atoms with E-state index in [1.54, 1.807) is 24.3 Å². The minimum atomic E-state index is -3.15. The second-order valence-corrected chi connectivity index (χ2v) is 9.56. The third-order valence-corrected chi connectivity index (χ3v) is 7.61. The fourth-order valence-corrected chi connectivity index (χ4v) is 5.43. The van der Waals surface area contributed by atoms with Gasteiger partial charge in [-0.15, -0.1) is 0 Å². The molecule has 3 atom stereocenters. The first-order valence-electron chi connectivity index (χ1n) is 9.46. The molecule has 142 valence electrons. The van der Waals surface area contributed by atoms with Crippen molar-refractivity contribution in [2.45, 2.75) is 45.6 Å². The molecule has 0 bridgehead atoms. The monoisotopic (exact) mass is 376 g/mol. The van der Waals surface area contributed by atoms with Crippen LogP contribution in [0.2, 0.25) is 0 Å². The summed E-state index contributed by atoms with van der Waals surface area (Å²) in [5.41, 5.74) is 1.57. The lowest BCUT2D eigenvalue weighted by Gasteiger charge is -2.34. The second kappa shape index (κ2) is 7.82. The van der Waals surface area contributed by atoms with Gasteiger partial charge in [-0.05, 0) is 48.4 Å². The quantitative estimate of drug-likeness (QED) is 0.821. The van der Waals surface area contributed by atoms with Gasteiger partial charge in [-0.3, -0.25) is 9.10 Å². The van der Waals surface area contributed by atoms with Gasteiger partial charge < -0.3 is 5.32 Å². The van der Waals surface area contributed by atoms with Crippen LogP contribution < -0.4 is 9.62 Å². The zero-order valence-corrected chi connectivity index (χ0v) is 16.3. The molecule has 1 aliphatic carbocycles. The van der Waals surface area contributed by atoms with E-state index >= 15 is 0 Å². The van der Waals surface area contributed by atoms with Crippen molar-refractivity contribution in [3.63, 3.8) is 0 Å². The third-order valence-electron chi connectivity index (χ3n) is 5.74. The van der Waals surface area contributed by atoms with Gasteiger partial charge in [0.15, 0.2) is 0 Å². The summed E-state index contributed by atoms with van der Waals surface area (Å²) in [7, 11) is -3.15. The van der Waals surface area contributed by atoms with Crippen molar-refractivity contribution >= 4 is 27.7 Å². The Bertz CT molecular complexity index is 771. The number of sulfonamides is 1. The highest BCUT2D eigenvalue weighted by Gasteiger charge is 2.28. The zero-order chi connectivity index (χ0) is 18.7. The van der Waals surface area contributed by atoms with E-state index in [4.69, 9.17) is 0 Å². The Hall–Kier alpha value is -1.82. The molecule has 1 saturated carbocycles. The van der Waals surface area contributed by atoms with Crippen molar-refractivity contribution in [2.24, 2.45) is 11.8 Å². The maximum atomic E-state index is 12.2. The van der Waals surface area contributed by atoms with E-state index < -0.39 is 10.0 Å². The minimum absolute atomic E-state index is 0.0675. The summed E-state index contributed by atoms with van der Waals surface area (Å²) in [5.74, 6) is 1.30. The summed E-state index contributed by atoms with van der Waals surface area (Å²) in [6.07, 6.45) is 7.46. The van der Waals surface area contributed by atoms with Gasteiger partial charge in [0.2, 0.25) is 15.9 Å². The van der Waals surface area contributed by atoms with E-state index in [2.05, 4.69) is 19.2 Å². The highest BCUT2D eigenvalue weighted by Crippen LogP contribution is 2.29. The Morgan fingerprint density at radius 1 is 1.15 bits per heavy atom. The van der Waals surface area contributed by atoms with Crippen LogP contribution in [0.3, 0.4) is 0 Å². The lowest BCUT2D eigenvalue weighted by atomic mass is 9.78. The minimum Gasteiger partial charge on any atom is -0.350 e. The fourth-order valence-electron chi connectivity index (χ4n) is 3.87. The van der Waals surface area contributed by atoms with Crippen molar-refractivity contribution in [3.8, 4) is 0 Å². The van der Waals surface area contributed by atoms with Crippen LogP contribution in [0.5, 0.6) is 0 Å². The molecule has 2 aliphatic rings. The van der Waals surface area contributed by atoms with E-state index in [0.29, 0.717) is 30.5 Å². The molecular weight excluding hydrogens is 348 g/mol. The normalized spacial score (nSPS) is 28.4. The van der Waals surface area contributed by atoms with Gasteiger partial charge in [-0.2, -0.15) is 0 Å². The average Bonchev–Trinajstić information content (AvgIpc) is 2.97. The molecule has 1 saturated heterocycles. The van der Waals surface area contributed by atoms with Crippen LogP contribution in [-0.4, -0.2) is 32.7 Å². The summed E-state index contributed by atoms with van der Waals surface area (Å²) in [6, 6.07) is 7.53. The molecule has 1 aromatic rings. The average molecular weight is 377 g/mol. The number of nitrogens with zero attached hydrogens (tertiary/aromatic N) is 1. The summed E-state index contributed by atoms with van der Waals surface area (Å²) >= 11 is 0. The fraction of sp³-hybridized carbons (Fsp3) is 0.550. The number of nitrogens with one attached hydrogen (secondary N) is 1. The van der Waals surface area contributed by atoms with Crippen LogP contribution in [0.25, 0.3) is 6.08 Å². The molecule has 0 radical (unpaired) electrons. The van der Waals surface area contributed by atoms with Crippen LogP contribution in [0, 0.1) is 11.8 Å². The van der Waals surface area contributed by atoms with Gasteiger partial charge in [0.05, 0.1) is 11.4 Å². The van der Waals surface area contributed by atoms with Gasteiger partial charge in [0, 0.05) is 18.7 Å². The highest BCUT2D eigenvalue weighted by atomic mass is 32.2. The molecule has 2 fully saturated rings. The van der Waals surface area contributed by atoms with E-state index in [0.717, 1.165) is 12.0 Å². The summed E-state index contributed by atoms with van der Waals surface area (Å²) in [4.78, 5) is 12.2.